The third-order valence-corrected chi connectivity index (χ3v) is 3.98. The van der Waals surface area contributed by atoms with Crippen LogP contribution in [0.3, 0.4) is 0 Å². The summed E-state index contributed by atoms with van der Waals surface area (Å²) in [6, 6.07) is 24.8. The zero-order valence-corrected chi connectivity index (χ0v) is 11.5. The fraction of sp³-hybridized carbons (Fsp3) is 0. The molecule has 1 heterocycles. The predicted octanol–water partition coefficient (Wildman–Crippen LogP) is 2.75. The molecule has 0 unspecified atom stereocenters. The van der Waals surface area contributed by atoms with Crippen LogP contribution in [-0.2, 0) is 0 Å². The van der Waals surface area contributed by atoms with E-state index in [9.17, 15) is 5.02 Å². The third kappa shape index (κ3) is 1.78. The Hall–Kier alpha value is -2.52. The Kier molecular flexibility index (Phi) is 2.79. The molecule has 1 aromatic heterocycles. The van der Waals surface area contributed by atoms with Crippen LogP contribution < -0.4 is 5.46 Å². The average molecular weight is 271 g/mol. The first-order valence-corrected chi connectivity index (χ1v) is 7.07. The number of para-hydroxylation sites is 3. The molecule has 2 nitrogen and oxygen atoms in total. The van der Waals surface area contributed by atoms with Gasteiger partial charge in [-0.3, -0.25) is 0 Å². The van der Waals surface area contributed by atoms with Gasteiger partial charge in [0, 0.05) is 16.5 Å². The lowest BCUT2D eigenvalue weighted by Crippen LogP contribution is -2.19. The van der Waals surface area contributed by atoms with Gasteiger partial charge in [-0.25, -0.2) is 0 Å². The second-order valence-electron chi connectivity index (χ2n) is 5.16. The van der Waals surface area contributed by atoms with Crippen LogP contribution in [0.5, 0.6) is 0 Å². The predicted molar refractivity (Wildman–Crippen MR) is 89.8 cm³/mol. The van der Waals surface area contributed by atoms with E-state index in [-0.39, 0.29) is 7.48 Å². The highest BCUT2D eigenvalue weighted by Gasteiger charge is 2.13. The molecule has 0 aliphatic rings. The number of hydrogen-bond acceptors (Lipinski definition) is 1. The van der Waals surface area contributed by atoms with Crippen molar-refractivity contribution in [3.05, 3.63) is 72.8 Å². The van der Waals surface area contributed by atoms with Gasteiger partial charge in [-0.2, -0.15) is 0 Å². The minimum Gasteiger partial charge on any atom is -0.449 e. The monoisotopic (exact) mass is 271 g/mol. The summed E-state index contributed by atoms with van der Waals surface area (Å²) in [7, 11) is 0.0387. The van der Waals surface area contributed by atoms with Gasteiger partial charge in [-0.1, -0.05) is 54.6 Å². The van der Waals surface area contributed by atoms with Crippen LogP contribution >= 0.6 is 0 Å². The molecule has 0 aliphatic heterocycles. The minimum absolute atomic E-state index is 0.0387. The van der Waals surface area contributed by atoms with E-state index in [1.54, 1.807) is 0 Å². The quantitative estimate of drug-likeness (QED) is 0.557. The standard InChI is InChI=1S/C18H14BNO/c21-19-15-9-3-6-12-18(15)20-16-10-4-1-7-13(16)14-8-2-5-11-17(14)20/h1-12,19,21H. The molecule has 0 fully saturated rings. The van der Waals surface area contributed by atoms with Crippen molar-refractivity contribution in [1.82, 2.24) is 4.57 Å². The average Bonchev–Trinajstić information content (AvgIpc) is 2.89. The first kappa shape index (κ1) is 12.2. The Morgan fingerprint density at radius 3 is 1.81 bits per heavy atom. The van der Waals surface area contributed by atoms with Crippen molar-refractivity contribution in [1.29, 1.82) is 0 Å². The van der Waals surface area contributed by atoms with Gasteiger partial charge in [0.05, 0.1) is 11.0 Å². The van der Waals surface area contributed by atoms with Crippen LogP contribution in [0.1, 0.15) is 0 Å². The van der Waals surface area contributed by atoms with Crippen molar-refractivity contribution in [2.75, 3.05) is 0 Å². The van der Waals surface area contributed by atoms with Gasteiger partial charge in [0.15, 0.2) is 0 Å². The second kappa shape index (κ2) is 4.79. The smallest absolute Gasteiger partial charge is 0.306 e. The molecule has 0 amide bonds. The number of rotatable bonds is 2. The van der Waals surface area contributed by atoms with Crippen molar-refractivity contribution in [3.63, 3.8) is 0 Å². The van der Waals surface area contributed by atoms with Crippen molar-refractivity contribution >= 4 is 34.8 Å². The lowest BCUT2D eigenvalue weighted by Gasteiger charge is -2.11. The molecule has 1 N–H and O–H groups in total. The number of nitrogens with zero attached hydrogens (tertiary/aromatic N) is 1. The summed E-state index contributed by atoms with van der Waals surface area (Å²) in [4.78, 5) is 0. The molecule has 0 radical (unpaired) electrons. The lowest BCUT2D eigenvalue weighted by molar-refractivity contribution is 0.615. The molecule has 3 aromatic carbocycles. The van der Waals surface area contributed by atoms with E-state index >= 15 is 0 Å². The maximum atomic E-state index is 9.65. The Balaban J connectivity index is 2.20. The van der Waals surface area contributed by atoms with Crippen molar-refractivity contribution in [2.24, 2.45) is 0 Å². The summed E-state index contributed by atoms with van der Waals surface area (Å²) in [5, 5.41) is 12.1. The van der Waals surface area contributed by atoms with Crippen LogP contribution in [0, 0.1) is 0 Å². The zero-order chi connectivity index (χ0) is 14.2. The summed E-state index contributed by atoms with van der Waals surface area (Å²) in [5.74, 6) is 0. The van der Waals surface area contributed by atoms with Gasteiger partial charge in [0.25, 0.3) is 0 Å². The van der Waals surface area contributed by atoms with Crippen LogP contribution in [-0.4, -0.2) is 17.1 Å². The number of fused-ring (bicyclic) bond motifs is 3. The Morgan fingerprint density at radius 2 is 1.19 bits per heavy atom. The Morgan fingerprint density at radius 1 is 0.667 bits per heavy atom. The largest absolute Gasteiger partial charge is 0.449 e. The Labute approximate surface area is 123 Å². The molecule has 4 rings (SSSR count). The molecular formula is C18H14BNO. The minimum atomic E-state index is 0.0387. The highest BCUT2D eigenvalue weighted by atomic mass is 16.2. The third-order valence-electron chi connectivity index (χ3n) is 3.98. The van der Waals surface area contributed by atoms with E-state index in [0.717, 1.165) is 11.2 Å². The normalized spacial score (nSPS) is 11.1. The van der Waals surface area contributed by atoms with Crippen LogP contribution in [0.2, 0.25) is 0 Å². The summed E-state index contributed by atoms with van der Waals surface area (Å²) >= 11 is 0. The van der Waals surface area contributed by atoms with Gasteiger partial charge in [0.1, 0.15) is 0 Å². The summed E-state index contributed by atoms with van der Waals surface area (Å²) in [6.07, 6.45) is 0. The molecule has 0 saturated carbocycles. The van der Waals surface area contributed by atoms with E-state index < -0.39 is 0 Å². The maximum absolute atomic E-state index is 9.65. The first-order valence-electron chi connectivity index (χ1n) is 7.07. The van der Waals surface area contributed by atoms with E-state index in [1.165, 1.54) is 21.8 Å². The highest BCUT2D eigenvalue weighted by Crippen LogP contribution is 2.30. The summed E-state index contributed by atoms with van der Waals surface area (Å²) in [6.45, 7) is 0. The molecular weight excluding hydrogens is 257 g/mol. The highest BCUT2D eigenvalue weighted by molar-refractivity contribution is 6.47. The van der Waals surface area contributed by atoms with E-state index in [0.29, 0.717) is 0 Å². The first-order chi connectivity index (χ1) is 10.4. The van der Waals surface area contributed by atoms with E-state index in [1.807, 2.05) is 18.2 Å². The number of benzene rings is 3. The molecule has 4 aromatic rings. The maximum Gasteiger partial charge on any atom is 0.306 e. The molecule has 3 heteroatoms. The fourth-order valence-electron chi connectivity index (χ4n) is 3.04. The topological polar surface area (TPSA) is 25.2 Å². The molecule has 0 atom stereocenters. The summed E-state index contributed by atoms with van der Waals surface area (Å²) in [5.41, 5.74) is 4.31. The fourth-order valence-corrected chi connectivity index (χ4v) is 3.04. The van der Waals surface area contributed by atoms with Crippen molar-refractivity contribution < 1.29 is 5.02 Å². The molecule has 0 bridgehead atoms. The second-order valence-corrected chi connectivity index (χ2v) is 5.16. The number of aromatic nitrogens is 1. The SMILES string of the molecule is OBc1ccccc1-n1c2ccccc2c2ccccc21. The van der Waals surface area contributed by atoms with Crippen LogP contribution in [0.15, 0.2) is 72.8 Å². The van der Waals surface area contributed by atoms with Gasteiger partial charge < -0.3 is 9.59 Å². The molecule has 0 spiro atoms. The van der Waals surface area contributed by atoms with Gasteiger partial charge >= 0.3 is 7.48 Å². The van der Waals surface area contributed by atoms with Crippen LogP contribution in [0.4, 0.5) is 0 Å². The van der Waals surface area contributed by atoms with Gasteiger partial charge in [0.2, 0.25) is 0 Å². The van der Waals surface area contributed by atoms with Crippen molar-refractivity contribution in [2.45, 2.75) is 0 Å². The van der Waals surface area contributed by atoms with Gasteiger partial charge in [-0.05, 0) is 23.7 Å². The zero-order valence-electron chi connectivity index (χ0n) is 11.5. The Bertz CT molecular complexity index is 889. The van der Waals surface area contributed by atoms with E-state index in [2.05, 4.69) is 59.2 Å². The molecule has 21 heavy (non-hydrogen) atoms. The van der Waals surface area contributed by atoms with Gasteiger partial charge in [-0.15, -0.1) is 0 Å². The molecule has 0 aliphatic carbocycles. The van der Waals surface area contributed by atoms with E-state index in [4.69, 9.17) is 0 Å². The van der Waals surface area contributed by atoms with Crippen LogP contribution in [0.25, 0.3) is 27.5 Å². The lowest BCUT2D eigenvalue weighted by atomic mass is 9.87. The van der Waals surface area contributed by atoms with Crippen molar-refractivity contribution in [3.8, 4) is 5.69 Å². The molecule has 0 saturated heterocycles. The number of hydrogen-bond donors (Lipinski definition) is 1. The summed E-state index contributed by atoms with van der Waals surface area (Å²) < 4.78 is 2.23. The molecule has 100 valence electrons.